The fraction of sp³-hybridized carbons (Fsp3) is 0.238. The zero-order chi connectivity index (χ0) is 19.1. The summed E-state index contributed by atoms with van der Waals surface area (Å²) in [7, 11) is 1.59. The van der Waals surface area contributed by atoms with Crippen molar-refractivity contribution in [1.82, 2.24) is 9.78 Å². The summed E-state index contributed by atoms with van der Waals surface area (Å²) >= 11 is 0. The lowest BCUT2D eigenvalue weighted by Crippen LogP contribution is -2.15. The van der Waals surface area contributed by atoms with Crippen molar-refractivity contribution in [1.29, 1.82) is 0 Å². The molecule has 0 aliphatic rings. The molecule has 2 aromatic heterocycles. The minimum absolute atomic E-state index is 0.210. The molecule has 1 N–H and O–H groups in total. The third-order valence-corrected chi connectivity index (χ3v) is 4.86. The molecule has 0 saturated carbocycles. The van der Waals surface area contributed by atoms with Crippen LogP contribution in [-0.2, 0) is 6.54 Å². The summed E-state index contributed by atoms with van der Waals surface area (Å²) in [5, 5.41) is 9.34. The number of benzene rings is 2. The molecular formula is C21H21N3O3. The summed E-state index contributed by atoms with van der Waals surface area (Å²) in [5.74, 6) is 0.374. The summed E-state index contributed by atoms with van der Waals surface area (Å²) < 4.78 is 13.3. The number of para-hydroxylation sites is 1. The molecule has 1 amide bonds. The van der Waals surface area contributed by atoms with Gasteiger partial charge in [0.1, 0.15) is 16.9 Å². The molecule has 0 bridgehead atoms. The minimum Gasteiger partial charge on any atom is -0.495 e. The maximum Gasteiger partial charge on any atom is 0.259 e. The summed E-state index contributed by atoms with van der Waals surface area (Å²) in [6, 6.07) is 11.5. The number of nitrogens with zero attached hydrogens (tertiary/aromatic N) is 2. The first-order valence-electron chi connectivity index (χ1n) is 8.88. The van der Waals surface area contributed by atoms with E-state index in [4.69, 9.17) is 9.15 Å². The van der Waals surface area contributed by atoms with Gasteiger partial charge >= 0.3 is 0 Å². The van der Waals surface area contributed by atoms with Gasteiger partial charge in [0.05, 0.1) is 24.1 Å². The van der Waals surface area contributed by atoms with Crippen LogP contribution in [0.5, 0.6) is 5.75 Å². The lowest BCUT2D eigenvalue weighted by molar-refractivity contribution is 0.102. The zero-order valence-corrected chi connectivity index (χ0v) is 15.8. The molecule has 0 fully saturated rings. The third kappa shape index (κ3) is 2.73. The third-order valence-electron chi connectivity index (χ3n) is 4.86. The number of aryl methyl sites for hydroxylation is 2. The smallest absolute Gasteiger partial charge is 0.259 e. The molecule has 0 unspecified atom stereocenters. The Bertz CT molecular complexity index is 1170. The van der Waals surface area contributed by atoms with Crippen LogP contribution in [0.4, 0.5) is 5.69 Å². The van der Waals surface area contributed by atoms with E-state index < -0.39 is 0 Å². The van der Waals surface area contributed by atoms with Crippen molar-refractivity contribution in [3.8, 4) is 5.75 Å². The average Bonchev–Trinajstić information content (AvgIpc) is 3.16. The summed E-state index contributed by atoms with van der Waals surface area (Å²) in [5.41, 5.74) is 4.20. The molecule has 4 rings (SSSR count). The molecule has 0 aliphatic carbocycles. The van der Waals surface area contributed by atoms with Gasteiger partial charge < -0.3 is 14.5 Å². The van der Waals surface area contributed by atoms with Crippen LogP contribution in [0.1, 0.15) is 28.7 Å². The Morgan fingerprint density at radius 3 is 2.67 bits per heavy atom. The van der Waals surface area contributed by atoms with Crippen LogP contribution in [-0.4, -0.2) is 22.8 Å². The SMILES string of the molecule is CCn1nc(C)c(C(=O)Nc2cc3oc4ccccc4c3cc2OC)c1C. The quantitative estimate of drug-likeness (QED) is 0.571. The Hall–Kier alpha value is -3.28. The highest BCUT2D eigenvalue weighted by atomic mass is 16.5. The van der Waals surface area contributed by atoms with E-state index in [2.05, 4.69) is 10.4 Å². The number of carbonyl (C=O) groups is 1. The van der Waals surface area contributed by atoms with E-state index in [0.29, 0.717) is 34.8 Å². The van der Waals surface area contributed by atoms with Crippen LogP contribution in [0.3, 0.4) is 0 Å². The number of nitrogens with one attached hydrogen (secondary N) is 1. The lowest BCUT2D eigenvalue weighted by Gasteiger charge is -2.11. The molecule has 4 aromatic rings. The van der Waals surface area contributed by atoms with E-state index in [9.17, 15) is 4.79 Å². The Balaban J connectivity index is 1.78. The topological polar surface area (TPSA) is 69.3 Å². The largest absolute Gasteiger partial charge is 0.495 e. The van der Waals surface area contributed by atoms with Gasteiger partial charge in [-0.1, -0.05) is 18.2 Å². The zero-order valence-electron chi connectivity index (χ0n) is 15.8. The summed E-state index contributed by atoms with van der Waals surface area (Å²) in [6.45, 7) is 6.46. The number of methoxy groups -OCH3 is 1. The van der Waals surface area contributed by atoms with E-state index in [1.165, 1.54) is 0 Å². The summed E-state index contributed by atoms with van der Waals surface area (Å²) in [4.78, 5) is 12.9. The monoisotopic (exact) mass is 363 g/mol. The number of rotatable bonds is 4. The van der Waals surface area contributed by atoms with Gasteiger partial charge in [-0.15, -0.1) is 0 Å². The maximum atomic E-state index is 12.9. The van der Waals surface area contributed by atoms with Gasteiger partial charge in [0.15, 0.2) is 0 Å². The number of ether oxygens (including phenoxy) is 1. The molecule has 0 saturated heterocycles. The van der Waals surface area contributed by atoms with Crippen LogP contribution < -0.4 is 10.1 Å². The molecule has 6 nitrogen and oxygen atoms in total. The maximum absolute atomic E-state index is 12.9. The molecular weight excluding hydrogens is 342 g/mol. The fourth-order valence-electron chi connectivity index (χ4n) is 3.54. The van der Waals surface area contributed by atoms with E-state index in [1.807, 2.05) is 55.8 Å². The van der Waals surface area contributed by atoms with Gasteiger partial charge in [-0.25, -0.2) is 0 Å². The van der Waals surface area contributed by atoms with Gasteiger partial charge in [-0.3, -0.25) is 9.48 Å². The number of hydrogen-bond donors (Lipinski definition) is 1. The molecule has 138 valence electrons. The first-order chi connectivity index (χ1) is 13.0. The van der Waals surface area contributed by atoms with Gasteiger partial charge in [-0.2, -0.15) is 5.10 Å². The second-order valence-electron chi connectivity index (χ2n) is 6.46. The second kappa shape index (κ2) is 6.46. The molecule has 0 atom stereocenters. The van der Waals surface area contributed by atoms with Gasteiger partial charge in [0, 0.05) is 29.1 Å². The highest BCUT2D eigenvalue weighted by molar-refractivity contribution is 6.10. The number of anilines is 1. The minimum atomic E-state index is -0.210. The Labute approximate surface area is 156 Å². The molecule has 0 spiro atoms. The van der Waals surface area contributed by atoms with Crippen LogP contribution in [0, 0.1) is 13.8 Å². The van der Waals surface area contributed by atoms with E-state index in [-0.39, 0.29) is 5.91 Å². The first-order valence-corrected chi connectivity index (χ1v) is 8.88. The van der Waals surface area contributed by atoms with Crippen LogP contribution in [0.2, 0.25) is 0 Å². The van der Waals surface area contributed by atoms with Crippen molar-refractivity contribution in [3.05, 3.63) is 53.3 Å². The normalized spacial score (nSPS) is 11.3. The van der Waals surface area contributed by atoms with E-state index >= 15 is 0 Å². The van der Waals surface area contributed by atoms with Crippen molar-refractivity contribution in [2.24, 2.45) is 0 Å². The fourth-order valence-corrected chi connectivity index (χ4v) is 3.54. The van der Waals surface area contributed by atoms with Crippen molar-refractivity contribution < 1.29 is 13.9 Å². The Morgan fingerprint density at radius 1 is 1.19 bits per heavy atom. The predicted octanol–water partition coefficient (Wildman–Crippen LogP) is 4.68. The molecule has 0 radical (unpaired) electrons. The first kappa shape index (κ1) is 17.1. The van der Waals surface area contributed by atoms with Crippen molar-refractivity contribution in [2.45, 2.75) is 27.3 Å². The van der Waals surface area contributed by atoms with Crippen molar-refractivity contribution in [2.75, 3.05) is 12.4 Å². The number of carbonyl (C=O) groups excluding carboxylic acids is 1. The molecule has 27 heavy (non-hydrogen) atoms. The number of aromatic nitrogens is 2. The molecule has 0 aliphatic heterocycles. The van der Waals surface area contributed by atoms with Crippen LogP contribution in [0.25, 0.3) is 21.9 Å². The van der Waals surface area contributed by atoms with Gasteiger partial charge in [0.25, 0.3) is 5.91 Å². The molecule has 2 heterocycles. The Morgan fingerprint density at radius 2 is 1.96 bits per heavy atom. The highest BCUT2D eigenvalue weighted by Gasteiger charge is 2.20. The molecule has 6 heteroatoms. The Kier molecular flexibility index (Phi) is 4.11. The number of amides is 1. The number of furan rings is 1. The molecule has 2 aromatic carbocycles. The lowest BCUT2D eigenvalue weighted by atomic mass is 10.1. The van der Waals surface area contributed by atoms with Crippen molar-refractivity contribution >= 4 is 33.5 Å². The number of hydrogen-bond acceptors (Lipinski definition) is 4. The summed E-state index contributed by atoms with van der Waals surface area (Å²) in [6.07, 6.45) is 0. The van der Waals surface area contributed by atoms with Gasteiger partial charge in [0.2, 0.25) is 0 Å². The standard InChI is InChI=1S/C21H21N3O3/c1-5-24-13(3)20(12(2)23-24)21(25)22-16-11-18-15(10-19(16)26-4)14-8-6-7-9-17(14)27-18/h6-11H,5H2,1-4H3,(H,22,25). The average molecular weight is 363 g/mol. The van der Waals surface area contributed by atoms with Crippen LogP contribution >= 0.6 is 0 Å². The number of fused-ring (bicyclic) bond motifs is 3. The second-order valence-corrected chi connectivity index (χ2v) is 6.46. The van der Waals surface area contributed by atoms with Gasteiger partial charge in [-0.05, 0) is 32.9 Å². The predicted molar refractivity (Wildman–Crippen MR) is 106 cm³/mol. The van der Waals surface area contributed by atoms with Crippen molar-refractivity contribution in [3.63, 3.8) is 0 Å². The van der Waals surface area contributed by atoms with Crippen LogP contribution in [0.15, 0.2) is 40.8 Å². The van der Waals surface area contributed by atoms with E-state index in [1.54, 1.807) is 13.2 Å². The van der Waals surface area contributed by atoms with E-state index in [0.717, 1.165) is 22.0 Å². The highest BCUT2D eigenvalue weighted by Crippen LogP contribution is 2.36.